The first kappa shape index (κ1) is 35.9. The highest BCUT2D eigenvalue weighted by atomic mass is 19.1. The molecule has 0 aliphatic carbocycles. The number of fused-ring (bicyclic) bond motifs is 2. The number of nitrogens with zero attached hydrogens (tertiary/aromatic N) is 4. The van der Waals surface area contributed by atoms with Crippen molar-refractivity contribution < 1.29 is 32.9 Å². The second-order valence-corrected chi connectivity index (χ2v) is 14.9. The monoisotopic (exact) mass is 715 g/mol. The van der Waals surface area contributed by atoms with Gasteiger partial charge in [-0.2, -0.15) is 9.97 Å². The molecule has 2 aromatic carbocycles. The van der Waals surface area contributed by atoms with E-state index in [0.29, 0.717) is 72.0 Å². The van der Waals surface area contributed by atoms with Crippen LogP contribution in [0.2, 0.25) is 0 Å². The smallest absolute Gasteiger partial charge is 0.318 e. The van der Waals surface area contributed by atoms with Gasteiger partial charge in [-0.3, -0.25) is 9.69 Å². The van der Waals surface area contributed by atoms with Crippen molar-refractivity contribution in [1.29, 1.82) is 0 Å². The summed E-state index contributed by atoms with van der Waals surface area (Å²) in [6.45, 7) is 9.82. The Kier molecular flexibility index (Phi) is 10.5. The number of aromatic nitrogens is 2. The van der Waals surface area contributed by atoms with Gasteiger partial charge >= 0.3 is 6.01 Å². The first-order chi connectivity index (χ1) is 25.1. The van der Waals surface area contributed by atoms with Crippen molar-refractivity contribution >= 4 is 22.5 Å². The Balaban J connectivity index is 1.22. The number of likely N-dealkylation sites (tertiary alicyclic amines) is 1. The van der Waals surface area contributed by atoms with Gasteiger partial charge in [0.15, 0.2) is 11.6 Å². The van der Waals surface area contributed by atoms with E-state index in [1.165, 1.54) is 12.1 Å². The number of nitrogens with one attached hydrogen (secondary N) is 1. The molecular formula is C40H47F2N5O5. The van der Waals surface area contributed by atoms with Crippen LogP contribution in [0.5, 0.6) is 17.5 Å². The molecule has 4 aliphatic heterocycles. The Hall–Kier alpha value is -4.47. The number of rotatable bonds is 9. The number of hydrogen-bond acceptors (Lipinski definition) is 9. The van der Waals surface area contributed by atoms with Gasteiger partial charge in [0.2, 0.25) is 5.91 Å². The molecule has 5 heterocycles. The summed E-state index contributed by atoms with van der Waals surface area (Å²) >= 11 is 0. The standard InChI is InChI=1S/C40H47F2N5O5/c1-4-31-33(42)10-9-26-16-30(48)18-32(36(26)31)27-17-34-37(51-23-27)38(46-13-7-6-8-29(22-46)43-35(49)5-2)45-39(44-34)52-24-40(3)19-28(41)21-47(40)20-25-11-14-50-15-12-25/h1,5,9-10,16,18,25,27-29,48H,2,6-8,11-15,17,19-24H2,3H3,(H,43,49)/t27-,28+,29?,40-/m0/s1. The summed E-state index contributed by atoms with van der Waals surface area (Å²) in [5, 5.41) is 14.9. The number of phenols is 1. The van der Waals surface area contributed by atoms with Crippen molar-refractivity contribution in [2.45, 2.75) is 75.5 Å². The lowest BCUT2D eigenvalue weighted by molar-refractivity contribution is -0.117. The maximum absolute atomic E-state index is 15.0. The average molecular weight is 716 g/mol. The van der Waals surface area contributed by atoms with E-state index in [-0.39, 0.29) is 48.4 Å². The predicted octanol–water partition coefficient (Wildman–Crippen LogP) is 5.44. The second kappa shape index (κ2) is 15.2. The predicted molar refractivity (Wildman–Crippen MR) is 194 cm³/mol. The molecule has 1 amide bonds. The first-order valence-electron chi connectivity index (χ1n) is 18.4. The minimum absolute atomic E-state index is 0.0359. The molecule has 0 bridgehead atoms. The van der Waals surface area contributed by atoms with E-state index in [9.17, 15) is 14.3 Å². The lowest BCUT2D eigenvalue weighted by Crippen LogP contribution is -2.48. The Morgan fingerprint density at radius 2 is 2.06 bits per heavy atom. The third-order valence-corrected chi connectivity index (χ3v) is 11.1. The molecule has 3 aromatic rings. The number of carbonyl (C=O) groups is 1. The van der Waals surface area contributed by atoms with Gasteiger partial charge in [-0.15, -0.1) is 6.42 Å². The van der Waals surface area contributed by atoms with Crippen LogP contribution in [-0.2, 0) is 16.0 Å². The summed E-state index contributed by atoms with van der Waals surface area (Å²) in [6, 6.07) is 6.12. The number of hydrogen-bond donors (Lipinski definition) is 2. The Bertz CT molecular complexity index is 1860. The number of amides is 1. The van der Waals surface area contributed by atoms with Gasteiger partial charge in [0, 0.05) is 69.6 Å². The number of ether oxygens (including phenoxy) is 3. The molecule has 52 heavy (non-hydrogen) atoms. The number of benzene rings is 2. The van der Waals surface area contributed by atoms with Crippen molar-refractivity contribution in [2.24, 2.45) is 5.92 Å². The van der Waals surface area contributed by atoms with E-state index in [4.69, 9.17) is 30.6 Å². The Morgan fingerprint density at radius 3 is 2.85 bits per heavy atom. The average Bonchev–Trinajstić information content (AvgIpc) is 3.26. The van der Waals surface area contributed by atoms with E-state index in [1.54, 1.807) is 18.2 Å². The molecule has 2 N–H and O–H groups in total. The van der Waals surface area contributed by atoms with E-state index in [1.807, 2.05) is 6.92 Å². The Labute approximate surface area is 303 Å². The Morgan fingerprint density at radius 1 is 1.23 bits per heavy atom. The van der Waals surface area contributed by atoms with Crippen molar-refractivity contribution in [3.63, 3.8) is 0 Å². The van der Waals surface area contributed by atoms with Crippen molar-refractivity contribution in [3.8, 4) is 29.9 Å². The molecule has 4 atom stereocenters. The number of aromatic hydroxyl groups is 1. The van der Waals surface area contributed by atoms with Gasteiger partial charge in [0.05, 0.1) is 23.4 Å². The number of anilines is 1. The normalized spacial score (nSPS) is 25.5. The number of alkyl halides is 1. The molecule has 12 heteroatoms. The molecule has 0 spiro atoms. The summed E-state index contributed by atoms with van der Waals surface area (Å²) in [5.74, 6) is 2.98. The minimum Gasteiger partial charge on any atom is -0.508 e. The van der Waals surface area contributed by atoms with Crippen LogP contribution in [-0.4, -0.2) is 96.2 Å². The second-order valence-electron chi connectivity index (χ2n) is 14.9. The molecule has 7 rings (SSSR count). The van der Waals surface area contributed by atoms with Crippen molar-refractivity contribution in [3.05, 3.63) is 59.6 Å². The zero-order valence-electron chi connectivity index (χ0n) is 29.7. The number of phenolic OH excluding ortho intramolecular Hbond substituents is 1. The molecular weight excluding hydrogens is 668 g/mol. The molecule has 0 radical (unpaired) electrons. The van der Waals surface area contributed by atoms with Crippen LogP contribution >= 0.6 is 0 Å². The summed E-state index contributed by atoms with van der Waals surface area (Å²) in [4.78, 5) is 26.4. The maximum Gasteiger partial charge on any atom is 0.318 e. The van der Waals surface area contributed by atoms with Crippen LogP contribution < -0.4 is 19.7 Å². The fourth-order valence-corrected chi connectivity index (χ4v) is 8.37. The molecule has 10 nitrogen and oxygen atoms in total. The van der Waals surface area contributed by atoms with Crippen LogP contribution in [0.25, 0.3) is 10.8 Å². The van der Waals surface area contributed by atoms with Crippen molar-refractivity contribution in [1.82, 2.24) is 20.2 Å². The third kappa shape index (κ3) is 7.53. The summed E-state index contributed by atoms with van der Waals surface area (Å²) in [6.07, 6.45) is 11.3. The molecule has 3 saturated heterocycles. The molecule has 1 unspecified atom stereocenters. The molecule has 4 aliphatic rings. The third-order valence-electron chi connectivity index (χ3n) is 11.1. The fraction of sp³-hybridized carbons (Fsp3) is 0.525. The van der Waals surface area contributed by atoms with Gasteiger partial charge in [0.1, 0.15) is 24.3 Å². The van der Waals surface area contributed by atoms with E-state index >= 15 is 4.39 Å². The SMILES string of the molecule is C#Cc1c(F)ccc2cc(O)cc([C@@H]3COc4c(nc(OC[C@]5(C)C[C@@H](F)CN5CC5CCOCC5)nc4N4CCCCC(NC(=O)C=C)C4)C3)c12. The summed E-state index contributed by atoms with van der Waals surface area (Å²) in [5.41, 5.74) is 0.828. The molecule has 3 fully saturated rings. The molecule has 1 aromatic heterocycles. The van der Waals surface area contributed by atoms with Gasteiger partial charge in [0.25, 0.3) is 0 Å². The van der Waals surface area contributed by atoms with E-state index in [0.717, 1.165) is 51.9 Å². The van der Waals surface area contributed by atoms with E-state index in [2.05, 4.69) is 27.6 Å². The molecule has 0 saturated carbocycles. The highest BCUT2D eigenvalue weighted by molar-refractivity contribution is 5.93. The van der Waals surface area contributed by atoms with Crippen LogP contribution in [0.1, 0.15) is 68.2 Å². The molecule has 276 valence electrons. The number of halogens is 2. The lowest BCUT2D eigenvalue weighted by atomic mass is 9.87. The van der Waals surface area contributed by atoms with Crippen LogP contribution in [0.4, 0.5) is 14.6 Å². The highest BCUT2D eigenvalue weighted by Gasteiger charge is 2.44. The lowest BCUT2D eigenvalue weighted by Gasteiger charge is -2.37. The minimum atomic E-state index is -0.961. The maximum atomic E-state index is 15.0. The van der Waals surface area contributed by atoms with Crippen LogP contribution in [0, 0.1) is 24.1 Å². The summed E-state index contributed by atoms with van der Waals surface area (Å²) in [7, 11) is 0. The van der Waals surface area contributed by atoms with Crippen molar-refractivity contribution in [2.75, 3.05) is 57.5 Å². The fourth-order valence-electron chi connectivity index (χ4n) is 8.37. The van der Waals surface area contributed by atoms with E-state index < -0.39 is 17.5 Å². The van der Waals surface area contributed by atoms with Crippen LogP contribution in [0.15, 0.2) is 36.9 Å². The quantitative estimate of drug-likeness (QED) is 0.221. The van der Waals surface area contributed by atoms with Crippen LogP contribution in [0.3, 0.4) is 0 Å². The first-order valence-corrected chi connectivity index (χ1v) is 18.4. The van der Waals surface area contributed by atoms with Gasteiger partial charge in [-0.1, -0.05) is 18.6 Å². The largest absolute Gasteiger partial charge is 0.508 e. The zero-order valence-corrected chi connectivity index (χ0v) is 29.7. The number of carbonyl (C=O) groups excluding carboxylic acids is 1. The van der Waals surface area contributed by atoms with Gasteiger partial charge < -0.3 is 29.5 Å². The highest BCUT2D eigenvalue weighted by Crippen LogP contribution is 2.43. The summed E-state index contributed by atoms with van der Waals surface area (Å²) < 4.78 is 48.5. The zero-order chi connectivity index (χ0) is 36.4. The van der Waals surface area contributed by atoms with Gasteiger partial charge in [-0.25, -0.2) is 8.78 Å². The topological polar surface area (TPSA) is 109 Å². The van der Waals surface area contributed by atoms with Gasteiger partial charge in [-0.05, 0) is 80.2 Å². The number of terminal acetylenes is 1.